The van der Waals surface area contributed by atoms with Gasteiger partial charge < -0.3 is 4.74 Å². The number of nitriles is 1. The smallest absolute Gasteiger partial charge is 0.118 e. The molecule has 1 aromatic rings. The Bertz CT molecular complexity index is 363. The first-order valence-corrected chi connectivity index (χ1v) is 5.37. The molecule has 0 radical (unpaired) electrons. The summed E-state index contributed by atoms with van der Waals surface area (Å²) in [5.41, 5.74) is 1.34. The molecule has 1 aliphatic carbocycles. The molecule has 0 aromatic heterocycles. The van der Waals surface area contributed by atoms with E-state index in [2.05, 4.69) is 18.2 Å². The summed E-state index contributed by atoms with van der Waals surface area (Å²) in [5, 5.41) is 8.84. The summed E-state index contributed by atoms with van der Waals surface area (Å²) in [6, 6.07) is 10.6. The van der Waals surface area contributed by atoms with Gasteiger partial charge in [-0.1, -0.05) is 12.1 Å². The third kappa shape index (κ3) is 2.12. The molecule has 1 aliphatic rings. The van der Waals surface area contributed by atoms with E-state index in [1.54, 1.807) is 7.11 Å². The number of methoxy groups -OCH3 is 1. The fraction of sp³-hybridized carbons (Fsp3) is 0.462. The molecule has 0 bridgehead atoms. The molecule has 78 valence electrons. The molecule has 0 unspecified atom stereocenters. The Morgan fingerprint density at radius 1 is 1.27 bits per heavy atom. The van der Waals surface area contributed by atoms with Crippen molar-refractivity contribution in [3.63, 3.8) is 0 Å². The quantitative estimate of drug-likeness (QED) is 0.736. The highest BCUT2D eigenvalue weighted by Crippen LogP contribution is 2.38. The van der Waals surface area contributed by atoms with Crippen LogP contribution < -0.4 is 4.74 Å². The van der Waals surface area contributed by atoms with Gasteiger partial charge >= 0.3 is 0 Å². The summed E-state index contributed by atoms with van der Waals surface area (Å²) in [6.45, 7) is 0. The molecular formula is C13H15NO. The van der Waals surface area contributed by atoms with Crippen molar-refractivity contribution >= 4 is 0 Å². The second kappa shape index (κ2) is 4.35. The largest absolute Gasteiger partial charge is 0.497 e. The van der Waals surface area contributed by atoms with E-state index < -0.39 is 0 Å². The Labute approximate surface area is 90.5 Å². The van der Waals surface area contributed by atoms with Crippen LogP contribution in [0.5, 0.6) is 5.75 Å². The summed E-state index contributed by atoms with van der Waals surface area (Å²) in [7, 11) is 1.68. The average Bonchev–Trinajstić information content (AvgIpc) is 2.78. The van der Waals surface area contributed by atoms with Crippen LogP contribution in [0.2, 0.25) is 0 Å². The van der Waals surface area contributed by atoms with Crippen molar-refractivity contribution in [2.24, 2.45) is 5.92 Å². The summed E-state index contributed by atoms with van der Waals surface area (Å²) in [5.74, 6) is 1.73. The lowest BCUT2D eigenvalue weighted by Crippen LogP contribution is -1.94. The van der Waals surface area contributed by atoms with Gasteiger partial charge in [0.05, 0.1) is 13.2 Å². The molecule has 2 rings (SSSR count). The first kappa shape index (κ1) is 10.0. The van der Waals surface area contributed by atoms with E-state index in [1.807, 2.05) is 12.1 Å². The second-order valence-electron chi connectivity index (χ2n) is 4.11. The summed E-state index contributed by atoms with van der Waals surface area (Å²) < 4.78 is 5.12. The minimum atomic E-state index is 0.261. The van der Waals surface area contributed by atoms with Gasteiger partial charge in [0.2, 0.25) is 0 Å². The Morgan fingerprint density at radius 2 is 2.00 bits per heavy atom. The zero-order valence-corrected chi connectivity index (χ0v) is 8.94. The van der Waals surface area contributed by atoms with Gasteiger partial charge in [0.15, 0.2) is 0 Å². The lowest BCUT2D eigenvalue weighted by molar-refractivity contribution is 0.414. The van der Waals surface area contributed by atoms with Crippen LogP contribution in [0, 0.1) is 17.2 Å². The number of nitrogens with zero attached hydrogens (tertiary/aromatic N) is 1. The van der Waals surface area contributed by atoms with Crippen LogP contribution in [-0.4, -0.2) is 7.11 Å². The molecule has 15 heavy (non-hydrogen) atoms. The van der Waals surface area contributed by atoms with Crippen LogP contribution in [-0.2, 0) is 0 Å². The van der Waals surface area contributed by atoms with Gasteiger partial charge in [-0.25, -0.2) is 0 Å². The minimum Gasteiger partial charge on any atom is -0.497 e. The molecule has 1 fully saturated rings. The molecule has 0 aliphatic heterocycles. The average molecular weight is 201 g/mol. The lowest BCUT2D eigenvalue weighted by atomic mass is 9.96. The third-order valence-electron chi connectivity index (χ3n) is 3.20. The van der Waals surface area contributed by atoms with E-state index in [9.17, 15) is 0 Å². The standard InChI is InChI=1S/C13H15NO/c1-15-13-6-4-11(5-7-13)12-3-2-10(8-12)9-14/h4-7,10,12H,2-3,8H2,1H3/t10-,12+/m0/s1. The van der Waals surface area contributed by atoms with Gasteiger partial charge in [-0.05, 0) is 42.9 Å². The highest BCUT2D eigenvalue weighted by Gasteiger charge is 2.25. The van der Waals surface area contributed by atoms with E-state index in [4.69, 9.17) is 10.00 Å². The van der Waals surface area contributed by atoms with Crippen molar-refractivity contribution in [2.75, 3.05) is 7.11 Å². The van der Waals surface area contributed by atoms with E-state index in [1.165, 1.54) is 5.56 Å². The SMILES string of the molecule is COc1ccc([C@@H]2CC[C@H](C#N)C2)cc1. The number of hydrogen-bond acceptors (Lipinski definition) is 2. The van der Waals surface area contributed by atoms with E-state index in [0.717, 1.165) is 25.0 Å². The van der Waals surface area contributed by atoms with Crippen molar-refractivity contribution in [3.8, 4) is 11.8 Å². The van der Waals surface area contributed by atoms with Crippen LogP contribution in [0.4, 0.5) is 0 Å². The Hall–Kier alpha value is -1.49. The number of ether oxygens (including phenoxy) is 1. The Balaban J connectivity index is 2.08. The van der Waals surface area contributed by atoms with Crippen molar-refractivity contribution in [1.82, 2.24) is 0 Å². The fourth-order valence-corrected chi connectivity index (χ4v) is 2.28. The molecule has 0 heterocycles. The number of benzene rings is 1. The van der Waals surface area contributed by atoms with Crippen LogP contribution >= 0.6 is 0 Å². The zero-order chi connectivity index (χ0) is 10.7. The normalized spacial score (nSPS) is 24.8. The molecule has 2 heteroatoms. The van der Waals surface area contributed by atoms with Crippen LogP contribution in [0.1, 0.15) is 30.7 Å². The number of hydrogen-bond donors (Lipinski definition) is 0. The van der Waals surface area contributed by atoms with Crippen molar-refractivity contribution in [3.05, 3.63) is 29.8 Å². The van der Waals surface area contributed by atoms with Crippen molar-refractivity contribution < 1.29 is 4.74 Å². The second-order valence-corrected chi connectivity index (χ2v) is 4.11. The molecule has 2 atom stereocenters. The minimum absolute atomic E-state index is 0.261. The van der Waals surface area contributed by atoms with Crippen LogP contribution in [0.3, 0.4) is 0 Å². The zero-order valence-electron chi connectivity index (χ0n) is 8.94. The van der Waals surface area contributed by atoms with Gasteiger partial charge in [0, 0.05) is 5.92 Å². The van der Waals surface area contributed by atoms with Gasteiger partial charge in [0.25, 0.3) is 0 Å². The molecule has 0 N–H and O–H groups in total. The predicted octanol–water partition coefficient (Wildman–Crippen LogP) is 3.10. The molecule has 0 amide bonds. The summed E-state index contributed by atoms with van der Waals surface area (Å²) >= 11 is 0. The van der Waals surface area contributed by atoms with Crippen LogP contribution in [0.25, 0.3) is 0 Å². The molecule has 0 saturated heterocycles. The maximum atomic E-state index is 8.84. The maximum Gasteiger partial charge on any atom is 0.118 e. The monoisotopic (exact) mass is 201 g/mol. The summed E-state index contributed by atoms with van der Waals surface area (Å²) in [4.78, 5) is 0. The number of rotatable bonds is 2. The van der Waals surface area contributed by atoms with E-state index in [0.29, 0.717) is 5.92 Å². The van der Waals surface area contributed by atoms with Crippen LogP contribution in [0.15, 0.2) is 24.3 Å². The Kier molecular flexibility index (Phi) is 2.91. The van der Waals surface area contributed by atoms with Gasteiger partial charge in [-0.2, -0.15) is 5.26 Å². The topological polar surface area (TPSA) is 33.0 Å². The Morgan fingerprint density at radius 3 is 2.53 bits per heavy atom. The molecule has 1 saturated carbocycles. The van der Waals surface area contributed by atoms with Crippen molar-refractivity contribution in [2.45, 2.75) is 25.2 Å². The third-order valence-corrected chi connectivity index (χ3v) is 3.20. The maximum absolute atomic E-state index is 8.84. The van der Waals surface area contributed by atoms with Gasteiger partial charge in [0.1, 0.15) is 5.75 Å². The highest BCUT2D eigenvalue weighted by atomic mass is 16.5. The molecule has 2 nitrogen and oxygen atoms in total. The first-order valence-electron chi connectivity index (χ1n) is 5.37. The summed E-state index contributed by atoms with van der Waals surface area (Å²) in [6.07, 6.45) is 3.21. The fourth-order valence-electron chi connectivity index (χ4n) is 2.28. The molecule has 1 aromatic carbocycles. The van der Waals surface area contributed by atoms with Gasteiger partial charge in [-0.3, -0.25) is 0 Å². The molecular weight excluding hydrogens is 186 g/mol. The van der Waals surface area contributed by atoms with Gasteiger partial charge in [-0.15, -0.1) is 0 Å². The van der Waals surface area contributed by atoms with E-state index >= 15 is 0 Å². The highest BCUT2D eigenvalue weighted by molar-refractivity contribution is 5.30. The van der Waals surface area contributed by atoms with E-state index in [-0.39, 0.29) is 5.92 Å². The first-order chi connectivity index (χ1) is 7.33. The lowest BCUT2D eigenvalue weighted by Gasteiger charge is -2.09. The van der Waals surface area contributed by atoms with Crippen molar-refractivity contribution in [1.29, 1.82) is 5.26 Å². The predicted molar refractivity (Wildman–Crippen MR) is 58.7 cm³/mol. The molecule has 0 spiro atoms.